The van der Waals surface area contributed by atoms with Gasteiger partial charge in [0.05, 0.1) is 13.0 Å². The molecule has 0 aliphatic heterocycles. The second-order valence-electron chi connectivity index (χ2n) is 5.27. The summed E-state index contributed by atoms with van der Waals surface area (Å²) in [6.45, 7) is 1.33. The topological polar surface area (TPSA) is 75.3 Å². The van der Waals surface area contributed by atoms with Gasteiger partial charge in [0.2, 0.25) is 11.8 Å². The SMILES string of the molecule is CC(=O)c1cccc(NC(=O)CNC(=O)Cc2cccc(Br)c2)c1. The summed E-state index contributed by atoms with van der Waals surface area (Å²) in [6.07, 6.45) is 0.201. The molecule has 0 heterocycles. The molecule has 2 amide bonds. The van der Waals surface area contributed by atoms with Crippen molar-refractivity contribution >= 4 is 39.2 Å². The van der Waals surface area contributed by atoms with E-state index in [2.05, 4.69) is 26.6 Å². The first-order valence-electron chi connectivity index (χ1n) is 7.36. The van der Waals surface area contributed by atoms with E-state index in [0.717, 1.165) is 10.0 Å². The Bertz CT molecular complexity index is 774. The number of hydrogen-bond donors (Lipinski definition) is 2. The van der Waals surface area contributed by atoms with E-state index in [9.17, 15) is 14.4 Å². The molecule has 0 unspecified atom stereocenters. The van der Waals surface area contributed by atoms with E-state index in [1.807, 2.05) is 24.3 Å². The van der Waals surface area contributed by atoms with Crippen molar-refractivity contribution in [1.82, 2.24) is 5.32 Å². The van der Waals surface area contributed by atoms with Crippen LogP contribution in [0.25, 0.3) is 0 Å². The Hall–Kier alpha value is -2.47. The molecule has 0 fully saturated rings. The number of hydrogen-bond acceptors (Lipinski definition) is 3. The maximum Gasteiger partial charge on any atom is 0.243 e. The molecule has 5 nitrogen and oxygen atoms in total. The van der Waals surface area contributed by atoms with Crippen LogP contribution in [0.2, 0.25) is 0 Å². The van der Waals surface area contributed by atoms with Gasteiger partial charge in [0.15, 0.2) is 5.78 Å². The number of amides is 2. The quantitative estimate of drug-likeness (QED) is 0.746. The third kappa shape index (κ3) is 5.62. The summed E-state index contributed by atoms with van der Waals surface area (Å²) in [6, 6.07) is 14.1. The third-order valence-electron chi connectivity index (χ3n) is 3.25. The van der Waals surface area contributed by atoms with Gasteiger partial charge in [-0.1, -0.05) is 40.2 Å². The highest BCUT2D eigenvalue weighted by Crippen LogP contribution is 2.12. The Morgan fingerprint density at radius 2 is 1.75 bits per heavy atom. The number of carbonyl (C=O) groups is 3. The van der Waals surface area contributed by atoms with Crippen molar-refractivity contribution in [2.45, 2.75) is 13.3 Å². The average molecular weight is 389 g/mol. The van der Waals surface area contributed by atoms with Crippen molar-refractivity contribution in [3.8, 4) is 0 Å². The lowest BCUT2D eigenvalue weighted by Gasteiger charge is -2.08. The molecule has 0 aliphatic carbocycles. The standard InChI is InChI=1S/C18H17BrN2O3/c1-12(22)14-5-3-7-16(10-14)21-18(24)11-20-17(23)9-13-4-2-6-15(19)8-13/h2-8,10H,9,11H2,1H3,(H,20,23)(H,21,24). The average Bonchev–Trinajstić information content (AvgIpc) is 2.53. The van der Waals surface area contributed by atoms with E-state index in [0.29, 0.717) is 11.3 Å². The number of ketones is 1. The van der Waals surface area contributed by atoms with Gasteiger partial charge in [0.1, 0.15) is 0 Å². The van der Waals surface area contributed by atoms with Gasteiger partial charge in [-0.25, -0.2) is 0 Å². The minimum absolute atomic E-state index is 0.0755. The molecule has 6 heteroatoms. The fourth-order valence-corrected chi connectivity index (χ4v) is 2.54. The van der Waals surface area contributed by atoms with Crippen molar-refractivity contribution in [1.29, 1.82) is 0 Å². The summed E-state index contributed by atoms with van der Waals surface area (Å²) in [7, 11) is 0. The molecular weight excluding hydrogens is 372 g/mol. The number of rotatable bonds is 6. The van der Waals surface area contributed by atoms with E-state index < -0.39 is 0 Å². The number of benzene rings is 2. The summed E-state index contributed by atoms with van der Waals surface area (Å²) in [5, 5.41) is 5.23. The van der Waals surface area contributed by atoms with Crippen LogP contribution in [0.1, 0.15) is 22.8 Å². The summed E-state index contributed by atoms with van der Waals surface area (Å²) < 4.78 is 0.899. The minimum atomic E-state index is -0.349. The van der Waals surface area contributed by atoms with Crippen molar-refractivity contribution in [2.24, 2.45) is 0 Å². The van der Waals surface area contributed by atoms with Crippen LogP contribution < -0.4 is 10.6 Å². The largest absolute Gasteiger partial charge is 0.347 e. The van der Waals surface area contributed by atoms with Crippen molar-refractivity contribution in [2.75, 3.05) is 11.9 Å². The first-order valence-corrected chi connectivity index (χ1v) is 8.15. The molecule has 2 rings (SSSR count). The van der Waals surface area contributed by atoms with Gasteiger partial charge in [0.25, 0.3) is 0 Å². The van der Waals surface area contributed by atoms with Crippen LogP contribution in [0.5, 0.6) is 0 Å². The van der Waals surface area contributed by atoms with E-state index in [4.69, 9.17) is 0 Å². The zero-order chi connectivity index (χ0) is 17.5. The Morgan fingerprint density at radius 3 is 2.46 bits per heavy atom. The van der Waals surface area contributed by atoms with Crippen LogP contribution >= 0.6 is 15.9 Å². The van der Waals surface area contributed by atoms with Crippen LogP contribution in [0, 0.1) is 0 Å². The second kappa shape index (κ2) is 8.40. The lowest BCUT2D eigenvalue weighted by Crippen LogP contribution is -2.33. The highest BCUT2D eigenvalue weighted by atomic mass is 79.9. The Balaban J connectivity index is 1.83. The molecule has 0 aliphatic rings. The number of nitrogens with one attached hydrogen (secondary N) is 2. The molecule has 0 saturated heterocycles. The lowest BCUT2D eigenvalue weighted by atomic mass is 10.1. The van der Waals surface area contributed by atoms with Crippen LogP contribution in [0.15, 0.2) is 53.0 Å². The summed E-state index contributed by atoms with van der Waals surface area (Å²) in [4.78, 5) is 35.1. The lowest BCUT2D eigenvalue weighted by molar-refractivity contribution is -0.123. The predicted octanol–water partition coefficient (Wildman–Crippen LogP) is 2.95. The van der Waals surface area contributed by atoms with Gasteiger partial charge in [-0.15, -0.1) is 0 Å². The Morgan fingerprint density at radius 1 is 1.00 bits per heavy atom. The zero-order valence-corrected chi connectivity index (χ0v) is 14.7. The summed E-state index contributed by atoms with van der Waals surface area (Å²) >= 11 is 3.35. The van der Waals surface area contributed by atoms with Crippen molar-refractivity contribution in [3.63, 3.8) is 0 Å². The fourth-order valence-electron chi connectivity index (χ4n) is 2.09. The third-order valence-corrected chi connectivity index (χ3v) is 3.75. The summed E-state index contributed by atoms with van der Waals surface area (Å²) in [5.74, 6) is -0.660. The molecule has 0 bridgehead atoms. The number of anilines is 1. The molecule has 24 heavy (non-hydrogen) atoms. The monoisotopic (exact) mass is 388 g/mol. The maximum absolute atomic E-state index is 11.9. The van der Waals surface area contributed by atoms with Crippen LogP contribution in [0.4, 0.5) is 5.69 Å². The second-order valence-corrected chi connectivity index (χ2v) is 6.18. The van der Waals surface area contributed by atoms with Crippen LogP contribution in [-0.2, 0) is 16.0 Å². The highest BCUT2D eigenvalue weighted by Gasteiger charge is 2.08. The molecule has 0 saturated carbocycles. The molecule has 0 atom stereocenters. The molecule has 124 valence electrons. The van der Waals surface area contributed by atoms with Gasteiger partial charge in [-0.3, -0.25) is 14.4 Å². The van der Waals surface area contributed by atoms with Gasteiger partial charge >= 0.3 is 0 Å². The van der Waals surface area contributed by atoms with E-state index >= 15 is 0 Å². The molecule has 2 aromatic carbocycles. The van der Waals surface area contributed by atoms with Crippen LogP contribution in [0.3, 0.4) is 0 Å². The first kappa shape index (κ1) is 17.9. The van der Waals surface area contributed by atoms with E-state index in [-0.39, 0.29) is 30.6 Å². The molecule has 0 aromatic heterocycles. The summed E-state index contributed by atoms with van der Waals surface area (Å²) in [5.41, 5.74) is 1.90. The number of Topliss-reactive ketones (excluding diaryl/α,β-unsaturated/α-hetero) is 1. The van der Waals surface area contributed by atoms with Gasteiger partial charge in [0, 0.05) is 15.7 Å². The Labute approximate surface area is 148 Å². The molecule has 0 spiro atoms. The predicted molar refractivity (Wildman–Crippen MR) is 95.9 cm³/mol. The number of carbonyl (C=O) groups excluding carboxylic acids is 3. The molecule has 2 aromatic rings. The van der Waals surface area contributed by atoms with E-state index in [1.165, 1.54) is 6.92 Å². The van der Waals surface area contributed by atoms with Gasteiger partial charge < -0.3 is 10.6 Å². The fraction of sp³-hybridized carbons (Fsp3) is 0.167. The Kier molecular flexibility index (Phi) is 6.26. The van der Waals surface area contributed by atoms with Gasteiger partial charge in [-0.05, 0) is 36.8 Å². The normalized spacial score (nSPS) is 10.1. The van der Waals surface area contributed by atoms with Crippen molar-refractivity contribution < 1.29 is 14.4 Å². The molecule has 2 N–H and O–H groups in total. The van der Waals surface area contributed by atoms with Crippen molar-refractivity contribution in [3.05, 3.63) is 64.1 Å². The van der Waals surface area contributed by atoms with Gasteiger partial charge in [-0.2, -0.15) is 0 Å². The van der Waals surface area contributed by atoms with Crippen LogP contribution in [-0.4, -0.2) is 24.1 Å². The maximum atomic E-state index is 11.9. The molecular formula is C18H17BrN2O3. The van der Waals surface area contributed by atoms with E-state index in [1.54, 1.807) is 24.3 Å². The highest BCUT2D eigenvalue weighted by molar-refractivity contribution is 9.10. The number of halogens is 1. The molecule has 0 radical (unpaired) electrons. The first-order chi connectivity index (χ1) is 11.4. The minimum Gasteiger partial charge on any atom is -0.347 e. The smallest absolute Gasteiger partial charge is 0.243 e. The zero-order valence-electron chi connectivity index (χ0n) is 13.1.